The smallest absolute Gasteiger partial charge is 0.193 e. The highest BCUT2D eigenvalue weighted by molar-refractivity contribution is 7.07. The maximum absolute atomic E-state index is 4.77. The highest BCUT2D eigenvalue weighted by atomic mass is 32.1. The van der Waals surface area contributed by atoms with Gasteiger partial charge in [0.1, 0.15) is 0 Å². The molecule has 0 bridgehead atoms. The van der Waals surface area contributed by atoms with Gasteiger partial charge in [-0.3, -0.25) is 9.67 Å². The normalized spacial score (nSPS) is 12.0. The lowest BCUT2D eigenvalue weighted by molar-refractivity contribution is 0.473. The molecule has 0 aliphatic carbocycles. The molecule has 132 valence electrons. The van der Waals surface area contributed by atoms with E-state index in [4.69, 9.17) is 4.99 Å². The molecule has 0 aromatic carbocycles. The van der Waals surface area contributed by atoms with Crippen molar-refractivity contribution in [3.63, 3.8) is 0 Å². The van der Waals surface area contributed by atoms with Crippen molar-refractivity contribution in [3.8, 4) is 0 Å². The SMILES string of the molecule is CCNC(=NCCc1ccsc1)N(C)Cc1cn(C)nc1C(C)C. The molecule has 2 rings (SSSR count). The first-order chi connectivity index (χ1) is 11.5. The third kappa shape index (κ3) is 5.09. The maximum atomic E-state index is 4.77. The Hall–Kier alpha value is -1.82. The van der Waals surface area contributed by atoms with E-state index in [2.05, 4.69) is 66.2 Å². The van der Waals surface area contributed by atoms with Crippen LogP contribution in [0.5, 0.6) is 0 Å². The zero-order valence-corrected chi connectivity index (χ0v) is 16.2. The first-order valence-corrected chi connectivity index (χ1v) is 9.48. The van der Waals surface area contributed by atoms with Crippen molar-refractivity contribution < 1.29 is 0 Å². The molecule has 0 saturated heterocycles. The minimum absolute atomic E-state index is 0.424. The molecular formula is C18H29N5S. The van der Waals surface area contributed by atoms with Crippen LogP contribution in [0.2, 0.25) is 0 Å². The largest absolute Gasteiger partial charge is 0.357 e. The van der Waals surface area contributed by atoms with Crippen LogP contribution in [-0.2, 0) is 20.0 Å². The monoisotopic (exact) mass is 347 g/mol. The Morgan fingerprint density at radius 3 is 2.88 bits per heavy atom. The molecule has 2 aromatic rings. The number of nitrogens with zero attached hydrogens (tertiary/aromatic N) is 4. The molecule has 0 amide bonds. The summed E-state index contributed by atoms with van der Waals surface area (Å²) in [5, 5.41) is 12.3. The predicted molar refractivity (Wildman–Crippen MR) is 103 cm³/mol. The fourth-order valence-electron chi connectivity index (χ4n) is 2.69. The van der Waals surface area contributed by atoms with Gasteiger partial charge in [0.2, 0.25) is 0 Å². The number of aliphatic imine (C=N–C) groups is 1. The van der Waals surface area contributed by atoms with Crippen LogP contribution in [0.1, 0.15) is 43.5 Å². The molecular weight excluding hydrogens is 318 g/mol. The summed E-state index contributed by atoms with van der Waals surface area (Å²) in [5.41, 5.74) is 3.79. The standard InChI is InChI=1S/C18H29N5S/c1-6-19-18(20-9-7-15-8-10-24-13-15)22(4)11-16-12-23(5)21-17(16)14(2)3/h8,10,12-14H,6-7,9,11H2,1-5H3,(H,19,20). The summed E-state index contributed by atoms with van der Waals surface area (Å²) in [6, 6.07) is 2.17. The molecule has 0 fully saturated rings. The van der Waals surface area contributed by atoms with E-state index >= 15 is 0 Å². The highest BCUT2D eigenvalue weighted by Gasteiger charge is 2.15. The molecule has 0 saturated carbocycles. The van der Waals surface area contributed by atoms with Crippen LogP contribution in [0.25, 0.3) is 0 Å². The number of hydrogen-bond donors (Lipinski definition) is 1. The van der Waals surface area contributed by atoms with Crippen molar-refractivity contribution in [2.24, 2.45) is 12.0 Å². The summed E-state index contributed by atoms with van der Waals surface area (Å²) in [5.74, 6) is 1.37. The fourth-order valence-corrected chi connectivity index (χ4v) is 3.39. The van der Waals surface area contributed by atoms with Crippen molar-refractivity contribution in [1.82, 2.24) is 20.0 Å². The van der Waals surface area contributed by atoms with Crippen LogP contribution in [-0.4, -0.2) is 40.8 Å². The average molecular weight is 348 g/mol. The lowest BCUT2D eigenvalue weighted by Crippen LogP contribution is -2.38. The Kier molecular flexibility index (Phi) is 6.85. The van der Waals surface area contributed by atoms with E-state index in [0.717, 1.165) is 32.0 Å². The molecule has 0 aliphatic heterocycles. The second-order valence-corrected chi connectivity index (χ2v) is 7.12. The third-order valence-corrected chi connectivity index (χ3v) is 4.56. The van der Waals surface area contributed by atoms with Gasteiger partial charge in [-0.1, -0.05) is 13.8 Å². The number of guanidine groups is 1. The van der Waals surface area contributed by atoms with E-state index in [1.54, 1.807) is 11.3 Å². The lowest BCUT2D eigenvalue weighted by Gasteiger charge is -2.22. The second kappa shape index (κ2) is 8.87. The number of hydrogen-bond acceptors (Lipinski definition) is 3. The first-order valence-electron chi connectivity index (χ1n) is 8.54. The summed E-state index contributed by atoms with van der Waals surface area (Å²) in [4.78, 5) is 6.96. The van der Waals surface area contributed by atoms with E-state index in [1.807, 2.05) is 11.7 Å². The minimum atomic E-state index is 0.424. The van der Waals surface area contributed by atoms with E-state index in [-0.39, 0.29) is 0 Å². The Morgan fingerprint density at radius 2 is 2.25 bits per heavy atom. The topological polar surface area (TPSA) is 45.5 Å². The van der Waals surface area contributed by atoms with Gasteiger partial charge in [0.05, 0.1) is 5.69 Å². The number of aryl methyl sites for hydroxylation is 1. The van der Waals surface area contributed by atoms with E-state index in [0.29, 0.717) is 5.92 Å². The Balaban J connectivity index is 2.04. The van der Waals surface area contributed by atoms with Crippen LogP contribution in [0.4, 0.5) is 0 Å². The average Bonchev–Trinajstić information content (AvgIpc) is 3.16. The molecule has 5 nitrogen and oxygen atoms in total. The number of aromatic nitrogens is 2. The fraction of sp³-hybridized carbons (Fsp3) is 0.556. The molecule has 2 heterocycles. The Morgan fingerprint density at radius 1 is 1.46 bits per heavy atom. The Bertz CT molecular complexity index is 642. The maximum Gasteiger partial charge on any atom is 0.193 e. The van der Waals surface area contributed by atoms with Gasteiger partial charge in [-0.05, 0) is 41.7 Å². The van der Waals surface area contributed by atoms with Gasteiger partial charge in [-0.25, -0.2) is 0 Å². The highest BCUT2D eigenvalue weighted by Crippen LogP contribution is 2.18. The summed E-state index contributed by atoms with van der Waals surface area (Å²) in [7, 11) is 4.07. The molecule has 24 heavy (non-hydrogen) atoms. The molecule has 0 aliphatic rings. The van der Waals surface area contributed by atoms with Crippen molar-refractivity contribution in [3.05, 3.63) is 39.8 Å². The van der Waals surface area contributed by atoms with Gasteiger partial charge in [0.15, 0.2) is 5.96 Å². The zero-order valence-electron chi connectivity index (χ0n) is 15.4. The van der Waals surface area contributed by atoms with Gasteiger partial charge >= 0.3 is 0 Å². The molecule has 0 spiro atoms. The van der Waals surface area contributed by atoms with Gasteiger partial charge in [-0.2, -0.15) is 16.4 Å². The van der Waals surface area contributed by atoms with Crippen LogP contribution >= 0.6 is 11.3 Å². The van der Waals surface area contributed by atoms with E-state index in [9.17, 15) is 0 Å². The van der Waals surface area contributed by atoms with Crippen molar-refractivity contribution in [1.29, 1.82) is 0 Å². The zero-order chi connectivity index (χ0) is 17.5. The molecule has 1 N–H and O–H groups in total. The number of nitrogens with one attached hydrogen (secondary N) is 1. The molecule has 0 atom stereocenters. The lowest BCUT2D eigenvalue weighted by atomic mass is 10.1. The van der Waals surface area contributed by atoms with Crippen molar-refractivity contribution >= 4 is 17.3 Å². The predicted octanol–water partition coefficient (Wildman–Crippen LogP) is 3.25. The summed E-state index contributed by atoms with van der Waals surface area (Å²) < 4.78 is 1.90. The molecule has 0 unspecified atom stereocenters. The summed E-state index contributed by atoms with van der Waals surface area (Å²) >= 11 is 1.74. The van der Waals surface area contributed by atoms with Crippen molar-refractivity contribution in [2.45, 2.75) is 39.7 Å². The number of rotatable bonds is 7. The second-order valence-electron chi connectivity index (χ2n) is 6.34. The van der Waals surface area contributed by atoms with Crippen molar-refractivity contribution in [2.75, 3.05) is 20.1 Å². The van der Waals surface area contributed by atoms with E-state index in [1.165, 1.54) is 16.8 Å². The van der Waals surface area contributed by atoms with Crippen LogP contribution in [0, 0.1) is 0 Å². The van der Waals surface area contributed by atoms with Crippen LogP contribution in [0.3, 0.4) is 0 Å². The minimum Gasteiger partial charge on any atom is -0.357 e. The van der Waals surface area contributed by atoms with Gasteiger partial charge < -0.3 is 10.2 Å². The Labute approximate surface area is 149 Å². The molecule has 2 aromatic heterocycles. The number of thiophene rings is 1. The summed E-state index contributed by atoms with van der Waals surface area (Å²) in [6.07, 6.45) is 3.09. The van der Waals surface area contributed by atoms with Crippen LogP contribution < -0.4 is 5.32 Å². The third-order valence-electron chi connectivity index (χ3n) is 3.83. The van der Waals surface area contributed by atoms with Crippen LogP contribution in [0.15, 0.2) is 28.0 Å². The van der Waals surface area contributed by atoms with Gasteiger partial charge in [0.25, 0.3) is 0 Å². The van der Waals surface area contributed by atoms with Gasteiger partial charge in [-0.15, -0.1) is 0 Å². The first kappa shape index (κ1) is 18.5. The molecule has 0 radical (unpaired) electrons. The summed E-state index contributed by atoms with van der Waals surface area (Å²) in [6.45, 7) is 8.95. The molecule has 6 heteroatoms. The van der Waals surface area contributed by atoms with Gasteiger partial charge in [0, 0.05) is 45.5 Å². The quantitative estimate of drug-likeness (QED) is 0.618. The van der Waals surface area contributed by atoms with E-state index < -0.39 is 0 Å².